The number of aromatic carboxylic acids is 1. The Hall–Kier alpha value is -12.6. The Morgan fingerprint density at radius 2 is 0.957 bits per heavy atom. The number of carboxylic acids is 1. The molecule has 11 heterocycles. The first kappa shape index (κ1) is 90.0. The standard InChI is InChI=1S/C20H23F3N6O2.C18H20F4N6O2.C17H21F3N6O2.C16H17F4N5O3.4H2/c21-20(22,23)12-26-18(30)15-4-3-9-29(15)16-5-6-24-17(27-16)13-10-14(25-11-13)19(31)28-7-1-2-8-28;1-27(2)17(30)12-6-10(7-23-12)14-24-8-11(19)15(26-14)28-5-3-4-13(28)16(29)25-9-18(20,21)22;1-16(2,15(28)23-9-17(18,19)20)25-12-5-6-21-13(24-12)10-7-11(22-8-10)14(27)26(3)4;1-7(2)11(14(26)23-6-16(18,19)20)24-13-9(17)5-22-12(25-13)8-3-10(15(27)28)21-4-8;;;;/h5-6,10-11,15,25H,1-4,7-9,12H2,(H,26,30);6-8,13,23H,3-5,9H2,1-2H3,(H,25,29);5-8,22H,9H2,1-4H3,(H,23,28)(H,21,24,25);3-5,7,11,21H,6H2,1-2H3,(H,23,26)(H,27,28)(H,22,24,25);4*1H/t15-;13-;;11-;;;;/m11.1..../s1. The van der Waals surface area contributed by atoms with Crippen molar-refractivity contribution in [3.63, 3.8) is 0 Å². The summed E-state index contributed by atoms with van der Waals surface area (Å²) in [6, 6.07) is 6.25. The monoisotopic (exact) mass is 1670 g/mol. The summed E-state index contributed by atoms with van der Waals surface area (Å²) in [7, 11) is 6.42. The van der Waals surface area contributed by atoms with Crippen LogP contribution >= 0.6 is 0 Å². The maximum atomic E-state index is 14.4. The lowest BCUT2D eigenvalue weighted by Gasteiger charge is -2.26. The fraction of sp³-hybridized carbons (Fsp3) is 0.437. The number of carbonyl (C=O) groups is 8. The molecule has 0 saturated carbocycles. The number of aromatic nitrogens is 12. The summed E-state index contributed by atoms with van der Waals surface area (Å²) in [6.45, 7) is 2.50. The van der Waals surface area contributed by atoms with E-state index in [2.05, 4.69) is 70.4 Å². The van der Waals surface area contributed by atoms with Crippen LogP contribution in [0.15, 0.2) is 86.0 Å². The average molecular weight is 1670 g/mol. The summed E-state index contributed by atoms with van der Waals surface area (Å²) in [5.74, 6) is -6.43. The third kappa shape index (κ3) is 25.7. The molecule has 3 saturated heterocycles. The Morgan fingerprint density at radius 1 is 0.530 bits per heavy atom. The van der Waals surface area contributed by atoms with E-state index < -0.39 is 128 Å². The minimum absolute atomic E-state index is 0. The van der Waals surface area contributed by atoms with Crippen LogP contribution in [0.5, 0.6) is 0 Å². The first-order valence-corrected chi connectivity index (χ1v) is 35.6. The number of halogens is 14. The number of alkyl halides is 12. The molecular formula is C71H89F14N23O9. The number of anilines is 4. The molecule has 8 aromatic rings. The van der Waals surface area contributed by atoms with Crippen LogP contribution in [0.3, 0.4) is 0 Å². The fourth-order valence-corrected chi connectivity index (χ4v) is 11.7. The summed E-state index contributed by atoms with van der Waals surface area (Å²) >= 11 is 0. The average Bonchev–Trinajstić information content (AvgIpc) is 1.74. The number of likely N-dealkylation sites (tertiary alicyclic amines) is 1. The molecule has 11 N–H and O–H groups in total. The van der Waals surface area contributed by atoms with E-state index in [1.165, 1.54) is 71.5 Å². The first-order chi connectivity index (χ1) is 54.7. The van der Waals surface area contributed by atoms with E-state index in [4.69, 9.17) is 5.11 Å². The largest absolute Gasteiger partial charge is 0.477 e. The second-order valence-corrected chi connectivity index (χ2v) is 27.8. The Morgan fingerprint density at radius 3 is 1.45 bits per heavy atom. The molecule has 0 bridgehead atoms. The highest BCUT2D eigenvalue weighted by Crippen LogP contribution is 2.32. The molecule has 117 heavy (non-hydrogen) atoms. The third-order valence-electron chi connectivity index (χ3n) is 17.4. The topological polar surface area (TPSA) is 411 Å². The van der Waals surface area contributed by atoms with Gasteiger partial charge in [-0.2, -0.15) is 52.7 Å². The van der Waals surface area contributed by atoms with Gasteiger partial charge in [0.15, 0.2) is 46.6 Å². The second kappa shape index (κ2) is 38.2. The number of hydrogen-bond acceptors (Lipinski definition) is 20. The molecule has 3 fully saturated rings. The highest BCUT2D eigenvalue weighted by atomic mass is 19.4. The highest BCUT2D eigenvalue weighted by Gasteiger charge is 2.40. The van der Waals surface area contributed by atoms with Crippen molar-refractivity contribution in [2.75, 3.05) is 101 Å². The van der Waals surface area contributed by atoms with Crippen LogP contribution in [0.1, 0.15) is 114 Å². The first-order valence-electron chi connectivity index (χ1n) is 35.6. The fourth-order valence-electron chi connectivity index (χ4n) is 11.7. The minimum atomic E-state index is -4.58. The van der Waals surface area contributed by atoms with Gasteiger partial charge in [-0.3, -0.25) is 33.6 Å². The quantitative estimate of drug-likeness (QED) is 0.0265. The molecule has 3 aliphatic heterocycles. The Bertz CT molecular complexity index is 4830. The SMILES string of the molecule is CC(C)[C@@H](Nc1nc(-c2c[nH]c(C(=O)O)c2)ncc1F)C(=O)NCC(F)(F)F.CN(C)C(=O)c1cc(-c2ncc(F)c(N3CCC[C@@H]3C(=O)NCC(F)(F)F)n2)c[nH]1.CN(C)C(=O)c1cc(-c2nccc(NC(C)(C)C(=O)NCC(F)(F)F)n2)c[nH]1.O=C(NCC(F)(F)F)[C@H]1CCCN1c1ccnc(-c2c[nH]c(C(=O)N3CCCC3)c2)n1.[HH].[HH].[HH].[HH]. The molecule has 0 aromatic carbocycles. The Balaban J connectivity index is 0.000000336. The number of rotatable bonds is 23. The van der Waals surface area contributed by atoms with Gasteiger partial charge in [-0.25, -0.2) is 53.4 Å². The predicted octanol–water partition coefficient (Wildman–Crippen LogP) is 9.77. The highest BCUT2D eigenvalue weighted by molar-refractivity contribution is 5.96. The lowest BCUT2D eigenvalue weighted by Crippen LogP contribution is -2.50. The van der Waals surface area contributed by atoms with Crippen LogP contribution < -0.4 is 41.7 Å². The van der Waals surface area contributed by atoms with Gasteiger partial charge in [0.1, 0.15) is 84.3 Å². The molecule has 640 valence electrons. The maximum Gasteiger partial charge on any atom is 0.405 e. The maximum absolute atomic E-state index is 14.4. The van der Waals surface area contributed by atoms with Gasteiger partial charge >= 0.3 is 30.7 Å². The second-order valence-electron chi connectivity index (χ2n) is 27.8. The van der Waals surface area contributed by atoms with Crippen LogP contribution in [-0.2, 0) is 19.2 Å². The van der Waals surface area contributed by atoms with E-state index in [1.807, 2.05) is 16.0 Å². The number of nitrogens with one attached hydrogen (secondary N) is 10. The van der Waals surface area contributed by atoms with Crippen molar-refractivity contribution in [3.05, 3.63) is 120 Å². The summed E-state index contributed by atoms with van der Waals surface area (Å²) in [5.41, 5.74) is 1.47. The number of H-pyrrole nitrogens is 4. The van der Waals surface area contributed by atoms with Gasteiger partial charge in [0.2, 0.25) is 23.6 Å². The molecule has 0 aliphatic carbocycles. The molecule has 3 aliphatic rings. The molecule has 0 spiro atoms. The zero-order chi connectivity index (χ0) is 86.2. The lowest BCUT2D eigenvalue weighted by molar-refractivity contribution is -0.140. The van der Waals surface area contributed by atoms with E-state index in [-0.39, 0.29) is 82.5 Å². The lowest BCUT2D eigenvalue weighted by atomic mass is 10.0. The van der Waals surface area contributed by atoms with Crippen LogP contribution in [0.25, 0.3) is 45.6 Å². The predicted molar refractivity (Wildman–Crippen MR) is 401 cm³/mol. The number of hydrogen-bond donors (Lipinski definition) is 11. The van der Waals surface area contributed by atoms with Crippen molar-refractivity contribution in [2.45, 2.75) is 115 Å². The van der Waals surface area contributed by atoms with Crippen LogP contribution in [0.4, 0.5) is 84.7 Å². The van der Waals surface area contributed by atoms with Gasteiger partial charge in [-0.15, -0.1) is 0 Å². The number of nitrogens with zero attached hydrogens (tertiary/aromatic N) is 13. The molecule has 0 radical (unpaired) electrons. The van der Waals surface area contributed by atoms with Gasteiger partial charge in [-0.1, -0.05) is 13.8 Å². The van der Waals surface area contributed by atoms with Crippen LogP contribution in [0, 0.1) is 17.6 Å². The van der Waals surface area contributed by atoms with Crippen LogP contribution in [0.2, 0.25) is 0 Å². The molecule has 0 unspecified atom stereocenters. The van der Waals surface area contributed by atoms with E-state index in [0.29, 0.717) is 65.5 Å². The molecular weight excluding hydrogens is 1580 g/mol. The molecule has 11 rings (SSSR count). The van der Waals surface area contributed by atoms with Crippen LogP contribution in [-0.4, -0.2) is 256 Å². The summed E-state index contributed by atoms with van der Waals surface area (Å²) in [4.78, 5) is 148. The Labute approximate surface area is 662 Å². The minimum Gasteiger partial charge on any atom is -0.477 e. The molecule has 7 amide bonds. The smallest absolute Gasteiger partial charge is 0.405 e. The van der Waals surface area contributed by atoms with E-state index in [0.717, 1.165) is 38.3 Å². The summed E-state index contributed by atoms with van der Waals surface area (Å²) < 4.78 is 177. The third-order valence-corrected chi connectivity index (χ3v) is 17.4. The summed E-state index contributed by atoms with van der Waals surface area (Å²) in [6.07, 6.45) is -3.47. The van der Waals surface area contributed by atoms with Gasteiger partial charge in [0, 0.05) is 120 Å². The zero-order valence-corrected chi connectivity index (χ0v) is 63.6. The van der Waals surface area contributed by atoms with Crippen molar-refractivity contribution >= 4 is 70.6 Å². The normalized spacial score (nSPS) is 15.2. The van der Waals surface area contributed by atoms with E-state index >= 15 is 0 Å². The van der Waals surface area contributed by atoms with Gasteiger partial charge in [-0.05, 0) is 94.7 Å². The molecule has 32 nitrogen and oxygen atoms in total. The van der Waals surface area contributed by atoms with Crippen molar-refractivity contribution in [1.82, 2.24) is 95.8 Å². The summed E-state index contributed by atoms with van der Waals surface area (Å²) in [5, 5.41) is 21.6. The van der Waals surface area contributed by atoms with Gasteiger partial charge in [0.25, 0.3) is 17.7 Å². The van der Waals surface area contributed by atoms with Gasteiger partial charge < -0.3 is 81.4 Å². The number of carboxylic acid groups (broad SMARTS) is 1. The van der Waals surface area contributed by atoms with E-state index in [1.54, 1.807) is 87.7 Å². The van der Waals surface area contributed by atoms with E-state index in [9.17, 15) is 99.8 Å². The van der Waals surface area contributed by atoms with Gasteiger partial charge in [0.05, 0.1) is 12.4 Å². The molecule has 8 aromatic heterocycles. The van der Waals surface area contributed by atoms with Crippen molar-refractivity contribution in [2.24, 2.45) is 5.92 Å². The number of carbonyl (C=O) groups excluding carboxylic acids is 7. The zero-order valence-electron chi connectivity index (χ0n) is 63.6. The number of aromatic amines is 4. The molecule has 46 heteroatoms. The van der Waals surface area contributed by atoms with Crippen molar-refractivity contribution in [1.29, 1.82) is 0 Å². The molecule has 3 atom stereocenters. The number of amides is 7. The van der Waals surface area contributed by atoms with Crippen molar-refractivity contribution in [3.8, 4) is 45.6 Å². The Kier molecular flexibility index (Phi) is 29.4. The van der Waals surface area contributed by atoms with Crippen molar-refractivity contribution < 1.29 is 111 Å².